The number of hydrogen-bond acceptors (Lipinski definition) is 9. The highest BCUT2D eigenvalue weighted by Gasteiger charge is 2.45. The highest BCUT2D eigenvalue weighted by molar-refractivity contribution is 5.88. The second kappa shape index (κ2) is 23.1. The Labute approximate surface area is 270 Å². The highest BCUT2D eigenvalue weighted by atomic mass is 16.6. The van der Waals surface area contributed by atoms with Gasteiger partial charge in [-0.2, -0.15) is 0 Å². The number of carbonyl (C=O) groups is 3. The van der Waals surface area contributed by atoms with Crippen LogP contribution < -0.4 is 16.4 Å². The molecule has 46 heavy (non-hydrogen) atoms. The molecular weight excluding hydrogens is 592 g/mol. The average molecular weight is 641 g/mol. The van der Waals surface area contributed by atoms with E-state index in [1.165, 1.54) is 0 Å². The molecule has 0 radical (unpaired) electrons. The van der Waals surface area contributed by atoms with E-state index < -0.39 is 36.5 Å². The first-order chi connectivity index (χ1) is 22.3. The lowest BCUT2D eigenvalue weighted by atomic mass is 10.1. The van der Waals surface area contributed by atoms with Crippen LogP contribution in [0.4, 0.5) is 4.79 Å². The van der Waals surface area contributed by atoms with Gasteiger partial charge in [0.2, 0.25) is 11.7 Å². The Morgan fingerprint density at radius 1 is 0.870 bits per heavy atom. The maximum Gasteiger partial charge on any atom is 0.407 e. The van der Waals surface area contributed by atoms with Crippen molar-refractivity contribution in [2.24, 2.45) is 5.73 Å². The Kier molecular flexibility index (Phi) is 19.0. The number of nitrogens with two attached hydrogens (primary N) is 1. The number of aliphatic hydroxyl groups excluding tert-OH is 2. The van der Waals surface area contributed by atoms with Gasteiger partial charge in [-0.15, -0.1) is 5.10 Å². The zero-order chi connectivity index (χ0) is 33.4. The van der Waals surface area contributed by atoms with Gasteiger partial charge in [-0.05, 0) is 44.9 Å². The molecule has 1 aliphatic rings. The largest absolute Gasteiger partial charge is 0.447 e. The van der Waals surface area contributed by atoms with Gasteiger partial charge >= 0.3 is 6.09 Å². The number of nitrogens with zero attached hydrogens (tertiary/aromatic N) is 3. The molecule has 13 nitrogen and oxygen atoms in total. The molecule has 0 aliphatic carbocycles. The van der Waals surface area contributed by atoms with Gasteiger partial charge in [0.1, 0.15) is 31.2 Å². The summed E-state index contributed by atoms with van der Waals surface area (Å²) < 4.78 is 11.6. The summed E-state index contributed by atoms with van der Waals surface area (Å²) in [5.41, 5.74) is 5.11. The lowest BCUT2D eigenvalue weighted by molar-refractivity contribution is -0.120. The number of amides is 3. The van der Waals surface area contributed by atoms with Crippen LogP contribution in [-0.2, 0) is 14.3 Å². The van der Waals surface area contributed by atoms with E-state index in [1.54, 1.807) is 0 Å². The summed E-state index contributed by atoms with van der Waals surface area (Å²) in [5.74, 6) is -1.26. The normalized spacial score (nSPS) is 20.3. The fourth-order valence-corrected chi connectivity index (χ4v) is 4.11. The van der Waals surface area contributed by atoms with Crippen molar-refractivity contribution < 1.29 is 34.1 Å². The topological polar surface area (TPSA) is 191 Å². The summed E-state index contributed by atoms with van der Waals surface area (Å²) in [6.45, 7) is 2.14. The van der Waals surface area contributed by atoms with Gasteiger partial charge in [0.15, 0.2) is 6.23 Å². The van der Waals surface area contributed by atoms with Crippen LogP contribution >= 0.6 is 0 Å². The Bertz CT molecular complexity index is 1240. The van der Waals surface area contributed by atoms with Gasteiger partial charge in [0.25, 0.3) is 5.91 Å². The zero-order valence-electron chi connectivity index (χ0n) is 26.4. The van der Waals surface area contributed by atoms with Crippen molar-refractivity contribution in [1.82, 2.24) is 25.4 Å². The van der Waals surface area contributed by atoms with Gasteiger partial charge in [0, 0.05) is 19.5 Å². The summed E-state index contributed by atoms with van der Waals surface area (Å²) in [6, 6.07) is 0. The van der Waals surface area contributed by atoms with E-state index in [0.29, 0.717) is 12.8 Å². The molecule has 1 aromatic rings. The smallest absolute Gasteiger partial charge is 0.407 e. The first-order valence-corrected chi connectivity index (χ1v) is 15.6. The van der Waals surface area contributed by atoms with Crippen molar-refractivity contribution >= 4 is 17.9 Å². The number of primary amides is 1. The van der Waals surface area contributed by atoms with Gasteiger partial charge in [-0.3, -0.25) is 9.59 Å². The maximum atomic E-state index is 12.0. The average Bonchev–Trinajstić information content (AvgIpc) is 3.64. The SMILES string of the molecule is CCC=CCC=CCC=CCC=CCC=CCC=CCCC(=O)NCCNC(=O)OCC1OC(n2cnc(C(N)=O)n2)C(O)C1O. The first-order valence-electron chi connectivity index (χ1n) is 15.6. The van der Waals surface area contributed by atoms with Gasteiger partial charge in [-0.1, -0.05) is 79.8 Å². The van der Waals surface area contributed by atoms with Gasteiger partial charge < -0.3 is 36.1 Å². The van der Waals surface area contributed by atoms with Crippen LogP contribution in [0.3, 0.4) is 0 Å². The number of ether oxygens (including phenoxy) is 2. The van der Waals surface area contributed by atoms with E-state index in [1.807, 2.05) is 12.2 Å². The molecule has 1 fully saturated rings. The number of hydrogen-bond donors (Lipinski definition) is 5. The van der Waals surface area contributed by atoms with Gasteiger partial charge in [-0.25, -0.2) is 14.5 Å². The third-order valence-corrected chi connectivity index (χ3v) is 6.56. The van der Waals surface area contributed by atoms with E-state index >= 15 is 0 Å². The molecular formula is C33H48N6O7. The van der Waals surface area contributed by atoms with Crippen LogP contribution in [0.15, 0.2) is 79.2 Å². The number of alkyl carbamates (subject to hydrolysis) is 1. The van der Waals surface area contributed by atoms with Crippen molar-refractivity contribution in [3.05, 3.63) is 85.1 Å². The standard InChI is InChI=1S/C33H48N6O7/c1-2-3-4-5-6-7-8-9-10-11-12-13-14-15-16-17-18-19-20-21-27(40)35-22-23-36-33(44)45-24-26-28(41)29(42)32(46-26)39-25-37-31(38-39)30(34)43/h3-4,6-7,9-10,12-13,15-16,18-19,25-26,28-29,32,41-42H,2,5,8,11,14,17,20-24H2,1H3,(H2,34,43)(H,35,40)(H,36,44). The van der Waals surface area contributed by atoms with Crippen LogP contribution in [0.1, 0.15) is 75.1 Å². The zero-order valence-corrected chi connectivity index (χ0v) is 26.4. The van der Waals surface area contributed by atoms with E-state index in [-0.39, 0.29) is 31.4 Å². The van der Waals surface area contributed by atoms with Gasteiger partial charge in [0.05, 0.1) is 0 Å². The van der Waals surface area contributed by atoms with Crippen LogP contribution in [-0.4, -0.2) is 80.9 Å². The van der Waals surface area contributed by atoms with E-state index in [2.05, 4.69) is 88.4 Å². The van der Waals surface area contributed by atoms with E-state index in [0.717, 1.165) is 49.5 Å². The predicted octanol–water partition coefficient (Wildman–Crippen LogP) is 3.32. The van der Waals surface area contributed by atoms with Crippen molar-refractivity contribution in [3.8, 4) is 0 Å². The molecule has 2 heterocycles. The number of aliphatic hydroxyl groups is 2. The Hall–Kier alpha value is -4.33. The first kappa shape index (κ1) is 37.9. The van der Waals surface area contributed by atoms with Crippen LogP contribution in [0.5, 0.6) is 0 Å². The lowest BCUT2D eigenvalue weighted by Crippen LogP contribution is -2.38. The second-order valence-corrected chi connectivity index (χ2v) is 10.3. The molecule has 6 N–H and O–H groups in total. The molecule has 3 amide bonds. The minimum atomic E-state index is -1.40. The number of aromatic nitrogens is 3. The Balaban J connectivity index is 1.46. The second-order valence-electron chi connectivity index (χ2n) is 10.3. The Morgan fingerprint density at radius 2 is 1.41 bits per heavy atom. The fraction of sp³-hybridized carbons (Fsp3) is 0.485. The number of allylic oxidation sites excluding steroid dienone is 12. The summed E-state index contributed by atoms with van der Waals surface area (Å²) in [5, 5.41) is 29.5. The van der Waals surface area contributed by atoms with Crippen molar-refractivity contribution in [2.75, 3.05) is 19.7 Å². The summed E-state index contributed by atoms with van der Waals surface area (Å²) in [4.78, 5) is 38.8. The van der Waals surface area contributed by atoms with Crippen LogP contribution in [0.25, 0.3) is 0 Å². The molecule has 4 atom stereocenters. The predicted molar refractivity (Wildman–Crippen MR) is 174 cm³/mol. The molecule has 4 unspecified atom stereocenters. The molecule has 2 rings (SSSR count). The molecule has 252 valence electrons. The number of carbonyl (C=O) groups excluding carboxylic acids is 3. The minimum absolute atomic E-state index is 0.134. The lowest BCUT2D eigenvalue weighted by Gasteiger charge is -2.15. The van der Waals surface area contributed by atoms with E-state index in [4.69, 9.17) is 15.2 Å². The molecule has 1 aliphatic heterocycles. The molecule has 1 saturated heterocycles. The van der Waals surface area contributed by atoms with Crippen molar-refractivity contribution in [1.29, 1.82) is 0 Å². The molecule has 0 bridgehead atoms. The molecule has 0 aromatic carbocycles. The fourth-order valence-electron chi connectivity index (χ4n) is 4.11. The van der Waals surface area contributed by atoms with Crippen molar-refractivity contribution in [3.63, 3.8) is 0 Å². The summed E-state index contributed by atoms with van der Waals surface area (Å²) >= 11 is 0. The molecule has 13 heteroatoms. The molecule has 0 spiro atoms. The number of rotatable bonds is 21. The van der Waals surface area contributed by atoms with Crippen molar-refractivity contribution in [2.45, 2.75) is 82.8 Å². The quantitative estimate of drug-likeness (QED) is 0.0991. The summed E-state index contributed by atoms with van der Waals surface area (Å²) in [6.07, 6.45) is 27.6. The summed E-state index contributed by atoms with van der Waals surface area (Å²) in [7, 11) is 0. The third-order valence-electron chi connectivity index (χ3n) is 6.56. The monoisotopic (exact) mass is 640 g/mol. The minimum Gasteiger partial charge on any atom is -0.447 e. The highest BCUT2D eigenvalue weighted by Crippen LogP contribution is 2.28. The maximum absolute atomic E-state index is 12.0. The van der Waals surface area contributed by atoms with Crippen LogP contribution in [0, 0.1) is 0 Å². The third kappa shape index (κ3) is 15.6. The molecule has 1 aromatic heterocycles. The van der Waals surface area contributed by atoms with E-state index in [9.17, 15) is 24.6 Å². The Morgan fingerprint density at radius 3 is 1.96 bits per heavy atom. The molecule has 0 saturated carbocycles. The number of nitrogens with one attached hydrogen (secondary N) is 2. The van der Waals surface area contributed by atoms with Crippen LogP contribution in [0.2, 0.25) is 0 Å².